The van der Waals surface area contributed by atoms with Crippen molar-refractivity contribution in [1.82, 2.24) is 4.90 Å². The van der Waals surface area contributed by atoms with Gasteiger partial charge in [0.15, 0.2) is 0 Å². The van der Waals surface area contributed by atoms with Gasteiger partial charge in [0.1, 0.15) is 0 Å². The molecule has 2 heterocycles. The highest BCUT2D eigenvalue weighted by molar-refractivity contribution is 7.12. The molecule has 1 aliphatic rings. The van der Waals surface area contributed by atoms with Crippen LogP contribution in [0.4, 0.5) is 0 Å². The second-order valence-electron chi connectivity index (χ2n) is 9.87. The Kier molecular flexibility index (Phi) is 12.6. The Labute approximate surface area is 201 Å². The van der Waals surface area contributed by atoms with Crippen LogP contribution >= 0.6 is 11.3 Å². The third kappa shape index (κ3) is 8.01. The van der Waals surface area contributed by atoms with Gasteiger partial charge in [0.05, 0.1) is 11.1 Å². The predicted octanol–water partition coefficient (Wildman–Crippen LogP) is 8.86. The molecule has 182 valence electrons. The van der Waals surface area contributed by atoms with Gasteiger partial charge < -0.3 is 0 Å². The minimum absolute atomic E-state index is 0.0456. The van der Waals surface area contributed by atoms with E-state index in [9.17, 15) is 9.59 Å². The Hall–Kier alpha value is -1.16. The molecule has 32 heavy (non-hydrogen) atoms. The molecule has 1 aromatic rings. The molecule has 2 amide bonds. The smallest absolute Gasteiger partial charge is 0.262 e. The van der Waals surface area contributed by atoms with E-state index in [4.69, 9.17) is 0 Å². The Balaban J connectivity index is 1.84. The third-order valence-electron chi connectivity index (χ3n) is 7.05. The summed E-state index contributed by atoms with van der Waals surface area (Å²) in [6.07, 6.45) is 20.6. The van der Waals surface area contributed by atoms with Crippen molar-refractivity contribution in [2.24, 2.45) is 5.92 Å². The topological polar surface area (TPSA) is 37.4 Å². The van der Waals surface area contributed by atoms with Crippen LogP contribution in [0.1, 0.15) is 147 Å². The van der Waals surface area contributed by atoms with Crippen molar-refractivity contribution >= 4 is 23.2 Å². The molecular weight excluding hydrogens is 414 g/mol. The third-order valence-corrected chi connectivity index (χ3v) is 8.07. The number of imide groups is 1. The zero-order chi connectivity index (χ0) is 23.3. The van der Waals surface area contributed by atoms with E-state index in [2.05, 4.69) is 13.8 Å². The van der Waals surface area contributed by atoms with E-state index in [1.54, 1.807) is 16.2 Å². The number of nitrogens with zero attached hydrogens (tertiary/aromatic N) is 1. The van der Waals surface area contributed by atoms with Gasteiger partial charge in [0.25, 0.3) is 11.8 Å². The van der Waals surface area contributed by atoms with Crippen LogP contribution in [0.5, 0.6) is 0 Å². The summed E-state index contributed by atoms with van der Waals surface area (Å²) in [5.74, 6) is 0.355. The van der Waals surface area contributed by atoms with E-state index in [0.717, 1.165) is 22.6 Å². The van der Waals surface area contributed by atoms with Gasteiger partial charge in [-0.25, -0.2) is 0 Å². The van der Waals surface area contributed by atoms with Crippen LogP contribution in [0.25, 0.3) is 0 Å². The molecule has 3 nitrogen and oxygen atoms in total. The average molecular weight is 462 g/mol. The molecule has 0 radical (unpaired) electrons. The number of amides is 2. The van der Waals surface area contributed by atoms with Crippen LogP contribution < -0.4 is 0 Å². The number of carbonyl (C=O) groups excluding carboxylic acids is 2. The fourth-order valence-corrected chi connectivity index (χ4v) is 6.13. The summed E-state index contributed by atoms with van der Waals surface area (Å²) in [4.78, 5) is 29.6. The van der Waals surface area contributed by atoms with Gasteiger partial charge in [-0.2, -0.15) is 0 Å². The molecule has 1 aromatic heterocycles. The van der Waals surface area contributed by atoms with E-state index in [1.807, 2.05) is 13.8 Å². The fourth-order valence-electron chi connectivity index (χ4n) is 5.09. The monoisotopic (exact) mass is 461 g/mol. The number of thiophene rings is 1. The Morgan fingerprint density at radius 1 is 0.625 bits per heavy atom. The predicted molar refractivity (Wildman–Crippen MR) is 138 cm³/mol. The van der Waals surface area contributed by atoms with Gasteiger partial charge in [0, 0.05) is 16.3 Å². The molecular formula is C28H47NO2S. The molecule has 0 spiro atoms. The summed E-state index contributed by atoms with van der Waals surface area (Å²) in [6, 6.07) is 0. The van der Waals surface area contributed by atoms with E-state index < -0.39 is 0 Å². The minimum atomic E-state index is -0.0456. The van der Waals surface area contributed by atoms with Crippen LogP contribution in [0.15, 0.2) is 0 Å². The lowest BCUT2D eigenvalue weighted by molar-refractivity contribution is 0.0621. The standard InChI is InChI=1S/C28H47NO2S/c1-5-7-9-11-13-14-16-18-20-24(19-17-15-12-10-8-6-2)21-29-27(30)25-22(3)32-23(4)26(25)28(29)31/h24H,5-21H2,1-4H3. The molecule has 1 unspecified atom stereocenters. The Bertz CT molecular complexity index is 672. The second kappa shape index (κ2) is 14.9. The lowest BCUT2D eigenvalue weighted by Crippen LogP contribution is -2.35. The molecule has 4 heteroatoms. The maximum absolute atomic E-state index is 13.0. The molecule has 0 N–H and O–H groups in total. The molecule has 1 atom stereocenters. The summed E-state index contributed by atoms with van der Waals surface area (Å²) in [7, 11) is 0. The van der Waals surface area contributed by atoms with Crippen LogP contribution in [0.2, 0.25) is 0 Å². The first kappa shape index (κ1) is 27.1. The van der Waals surface area contributed by atoms with E-state index >= 15 is 0 Å². The fraction of sp³-hybridized carbons (Fsp3) is 0.786. The quantitative estimate of drug-likeness (QED) is 0.162. The van der Waals surface area contributed by atoms with Gasteiger partial charge in [-0.1, -0.05) is 104 Å². The van der Waals surface area contributed by atoms with Crippen molar-refractivity contribution in [2.75, 3.05) is 6.54 Å². The van der Waals surface area contributed by atoms with Gasteiger partial charge in [0.2, 0.25) is 0 Å². The maximum atomic E-state index is 13.0. The minimum Gasteiger partial charge on any atom is -0.274 e. The van der Waals surface area contributed by atoms with Crippen molar-refractivity contribution < 1.29 is 9.59 Å². The SMILES string of the molecule is CCCCCCCCCCC(CCCCCCCC)CN1C(=O)c2c(C)sc(C)c2C1=O. The summed E-state index contributed by atoms with van der Waals surface area (Å²) in [6.45, 7) is 9.08. The highest BCUT2D eigenvalue weighted by Crippen LogP contribution is 2.35. The van der Waals surface area contributed by atoms with Crippen molar-refractivity contribution in [1.29, 1.82) is 0 Å². The van der Waals surface area contributed by atoms with E-state index in [0.29, 0.717) is 23.6 Å². The molecule has 1 aliphatic heterocycles. The Morgan fingerprint density at radius 2 is 1.00 bits per heavy atom. The molecule has 0 saturated heterocycles. The number of hydrogen-bond donors (Lipinski definition) is 0. The summed E-state index contributed by atoms with van der Waals surface area (Å²) >= 11 is 1.58. The first-order chi connectivity index (χ1) is 15.5. The highest BCUT2D eigenvalue weighted by atomic mass is 32.1. The first-order valence-corrected chi connectivity index (χ1v) is 14.3. The van der Waals surface area contributed by atoms with Gasteiger partial charge in [-0.05, 0) is 32.6 Å². The van der Waals surface area contributed by atoms with Crippen molar-refractivity contribution in [3.63, 3.8) is 0 Å². The number of fused-ring (bicyclic) bond motifs is 1. The molecule has 2 rings (SSSR count). The number of rotatable bonds is 18. The molecule has 0 fully saturated rings. The largest absolute Gasteiger partial charge is 0.274 e. The second-order valence-corrected chi connectivity index (χ2v) is 11.3. The highest BCUT2D eigenvalue weighted by Gasteiger charge is 2.40. The first-order valence-electron chi connectivity index (χ1n) is 13.5. The van der Waals surface area contributed by atoms with Crippen molar-refractivity contribution in [3.8, 4) is 0 Å². The van der Waals surface area contributed by atoms with Crippen LogP contribution in [0.3, 0.4) is 0 Å². The Morgan fingerprint density at radius 3 is 1.41 bits per heavy atom. The summed E-state index contributed by atoms with van der Waals surface area (Å²) < 4.78 is 0. The molecule has 0 bridgehead atoms. The lowest BCUT2D eigenvalue weighted by atomic mass is 9.93. The van der Waals surface area contributed by atoms with Crippen LogP contribution in [0, 0.1) is 19.8 Å². The number of aryl methyl sites for hydroxylation is 2. The van der Waals surface area contributed by atoms with Crippen molar-refractivity contribution in [3.05, 3.63) is 20.9 Å². The zero-order valence-electron chi connectivity index (χ0n) is 21.3. The number of unbranched alkanes of at least 4 members (excludes halogenated alkanes) is 12. The van der Waals surface area contributed by atoms with Crippen LogP contribution in [-0.4, -0.2) is 23.3 Å². The number of hydrogen-bond acceptors (Lipinski definition) is 3. The van der Waals surface area contributed by atoms with E-state index in [1.165, 1.54) is 89.9 Å². The normalized spacial score (nSPS) is 14.4. The number of carbonyl (C=O) groups is 2. The zero-order valence-corrected chi connectivity index (χ0v) is 22.1. The average Bonchev–Trinajstić information content (AvgIpc) is 3.21. The van der Waals surface area contributed by atoms with Crippen LogP contribution in [-0.2, 0) is 0 Å². The van der Waals surface area contributed by atoms with Gasteiger partial charge in [-0.3, -0.25) is 14.5 Å². The van der Waals surface area contributed by atoms with E-state index in [-0.39, 0.29) is 11.8 Å². The van der Waals surface area contributed by atoms with Gasteiger partial charge >= 0.3 is 0 Å². The summed E-state index contributed by atoms with van der Waals surface area (Å²) in [5.41, 5.74) is 1.37. The van der Waals surface area contributed by atoms with Crippen molar-refractivity contribution in [2.45, 2.75) is 130 Å². The maximum Gasteiger partial charge on any atom is 0.262 e. The molecule has 0 saturated carbocycles. The van der Waals surface area contributed by atoms with Gasteiger partial charge in [-0.15, -0.1) is 11.3 Å². The molecule has 0 aliphatic carbocycles. The summed E-state index contributed by atoms with van der Waals surface area (Å²) in [5, 5.41) is 0. The lowest BCUT2D eigenvalue weighted by Gasteiger charge is -2.23. The molecule has 0 aromatic carbocycles.